The number of halogens is 2. The first-order chi connectivity index (χ1) is 21.0. The molecule has 4 heterocycles. The lowest BCUT2D eigenvalue weighted by Gasteiger charge is -2.49. The van der Waals surface area contributed by atoms with Crippen LogP contribution in [0.5, 0.6) is 0 Å². The Morgan fingerprint density at radius 2 is 2.14 bits per heavy atom. The number of carbonyl (C=O) groups is 3. The lowest BCUT2D eigenvalue weighted by Crippen LogP contribution is -2.71. The van der Waals surface area contributed by atoms with E-state index in [1.165, 1.54) is 23.5 Å². The molecule has 0 bridgehead atoms. The number of thiazole rings is 1. The number of β-lactam (4-membered cyclic amide) rings is 1. The number of hydrogen-bond donors (Lipinski definition) is 6. The molecule has 0 aromatic carbocycles. The van der Waals surface area contributed by atoms with E-state index in [2.05, 4.69) is 25.4 Å². The van der Waals surface area contributed by atoms with Crippen LogP contribution in [0.25, 0.3) is 0 Å². The zero-order chi connectivity index (χ0) is 32.0. The number of rotatable bonds is 14. The largest absolute Gasteiger partial charge is 0.477 e. The van der Waals surface area contributed by atoms with Crippen LogP contribution in [0.4, 0.5) is 9.52 Å². The number of amides is 2. The molecule has 2 aliphatic heterocycles. The second-order valence-corrected chi connectivity index (χ2v) is 13.6. The Morgan fingerprint density at radius 1 is 1.36 bits per heavy atom. The predicted molar refractivity (Wildman–Crippen MR) is 167 cm³/mol. The normalized spacial score (nSPS) is 18.8. The van der Waals surface area contributed by atoms with Crippen LogP contribution >= 0.6 is 58.2 Å². The van der Waals surface area contributed by atoms with Gasteiger partial charge in [-0.05, 0) is 6.07 Å². The first-order valence-corrected chi connectivity index (χ1v) is 16.4. The van der Waals surface area contributed by atoms with Crippen LogP contribution in [0.15, 0.2) is 49.0 Å². The zero-order valence-electron chi connectivity index (χ0n) is 22.4. The zero-order valence-corrected chi connectivity index (χ0v) is 26.4. The Morgan fingerprint density at radius 3 is 2.77 bits per heavy atom. The smallest absolute Gasteiger partial charge is 0.353 e. The average molecular weight is 706 g/mol. The third-order valence-corrected chi connectivity index (χ3v) is 10.8. The number of carboxylic acid groups (broad SMARTS) is 1. The quantitative estimate of drug-likeness (QED) is 0.0395. The number of nitrogens with two attached hydrogens (primary N) is 3. The Hall–Kier alpha value is -3.30. The number of carboxylic acids is 1. The molecule has 1 unspecified atom stereocenters. The van der Waals surface area contributed by atoms with Gasteiger partial charge in [-0.1, -0.05) is 39.9 Å². The Kier molecular flexibility index (Phi) is 11.5. The van der Waals surface area contributed by atoms with Gasteiger partial charge in [0.05, 0.1) is 12.6 Å². The Labute approximate surface area is 270 Å². The fraction of sp³-hybridized carbons (Fsp3) is 0.348. The highest BCUT2D eigenvalue weighted by atomic mass is 35.5. The predicted octanol–water partition coefficient (Wildman–Crippen LogP) is 0.679. The minimum Gasteiger partial charge on any atom is -0.477 e. The third kappa shape index (κ3) is 7.67. The highest BCUT2D eigenvalue weighted by Gasteiger charge is 2.54. The molecule has 0 spiro atoms. The molecule has 0 saturated carbocycles. The second-order valence-electron chi connectivity index (χ2n) is 8.70. The van der Waals surface area contributed by atoms with Crippen molar-refractivity contribution in [1.82, 2.24) is 20.2 Å². The van der Waals surface area contributed by atoms with Crippen molar-refractivity contribution < 1.29 is 33.8 Å². The van der Waals surface area contributed by atoms with Crippen LogP contribution in [-0.2, 0) is 19.2 Å². The van der Waals surface area contributed by atoms with Crippen molar-refractivity contribution in [2.24, 2.45) is 21.6 Å². The molecule has 21 heteroatoms. The topological polar surface area (TPSA) is 245 Å². The summed E-state index contributed by atoms with van der Waals surface area (Å²) in [6.07, 6.45) is 3.14. The third-order valence-electron chi connectivity index (χ3n) is 5.74. The molecule has 0 radical (unpaired) electrons. The van der Waals surface area contributed by atoms with Gasteiger partial charge in [0, 0.05) is 38.6 Å². The summed E-state index contributed by atoms with van der Waals surface area (Å²) in [4.78, 5) is 58.6. The number of nitrogen functional groups attached to an aromatic ring is 1. The first kappa shape index (κ1) is 33.6. The van der Waals surface area contributed by atoms with Crippen molar-refractivity contribution in [2.45, 2.75) is 27.2 Å². The maximum Gasteiger partial charge on any atom is 0.353 e. The fourth-order valence-corrected chi connectivity index (χ4v) is 8.49. The van der Waals surface area contributed by atoms with Gasteiger partial charge in [-0.15, -0.1) is 23.5 Å². The van der Waals surface area contributed by atoms with E-state index in [0.29, 0.717) is 20.4 Å². The molecule has 0 aliphatic carbocycles. The molecule has 9 N–H and O–H groups in total. The van der Waals surface area contributed by atoms with Crippen LogP contribution in [-0.4, -0.2) is 103 Å². The lowest BCUT2D eigenvalue weighted by atomic mass is 10.0. The van der Waals surface area contributed by atoms with Gasteiger partial charge in [0.1, 0.15) is 40.4 Å². The van der Waals surface area contributed by atoms with E-state index < -0.39 is 54.2 Å². The van der Waals surface area contributed by atoms with E-state index in [0.717, 1.165) is 28.0 Å². The maximum absolute atomic E-state index is 13.2. The van der Waals surface area contributed by atoms with Crippen LogP contribution in [0, 0.1) is 0 Å². The SMILES string of the molecule is NC(N)=NC(CO)CSc1cnccc1SC1=C(C(=O)O)N2C(=O)[C@@H](NC(=O)/C(=N\OCCF)c3nc(N)sc3Cl)[C@@H]2SC1. The number of guanidine groups is 1. The monoisotopic (exact) mass is 705 g/mol. The highest BCUT2D eigenvalue weighted by molar-refractivity contribution is 8.07. The molecule has 3 atom stereocenters. The average Bonchev–Trinajstić information content (AvgIpc) is 3.32. The van der Waals surface area contributed by atoms with E-state index in [1.807, 2.05) is 0 Å². The minimum atomic E-state index is -1.32. The summed E-state index contributed by atoms with van der Waals surface area (Å²) in [5.41, 5.74) is 15.8. The van der Waals surface area contributed by atoms with Crippen molar-refractivity contribution in [2.75, 3.05) is 37.1 Å². The van der Waals surface area contributed by atoms with Gasteiger partial charge in [-0.25, -0.2) is 19.2 Å². The van der Waals surface area contributed by atoms with E-state index in [1.54, 1.807) is 18.5 Å². The number of pyridine rings is 1. The molecule has 2 aromatic heterocycles. The van der Waals surface area contributed by atoms with E-state index in [9.17, 15) is 29.0 Å². The summed E-state index contributed by atoms with van der Waals surface area (Å²) >= 11 is 10.8. The number of aliphatic imine (C=N–C) groups is 1. The van der Waals surface area contributed by atoms with Gasteiger partial charge in [0.2, 0.25) is 0 Å². The molecule has 2 amide bonds. The summed E-state index contributed by atoms with van der Waals surface area (Å²) in [7, 11) is 0. The van der Waals surface area contributed by atoms with Crippen LogP contribution in [0.1, 0.15) is 5.69 Å². The maximum atomic E-state index is 13.2. The van der Waals surface area contributed by atoms with Crippen LogP contribution in [0.3, 0.4) is 0 Å². The van der Waals surface area contributed by atoms with E-state index in [-0.39, 0.29) is 39.2 Å². The number of nitrogens with zero attached hydrogens (tertiary/aromatic N) is 5. The van der Waals surface area contributed by atoms with Gasteiger partial charge in [-0.3, -0.25) is 19.5 Å². The molecule has 2 aliphatic rings. The molecule has 1 saturated heterocycles. The van der Waals surface area contributed by atoms with E-state index in [4.69, 9.17) is 33.6 Å². The number of oxime groups is 1. The Bertz CT molecular complexity index is 1520. The molecular weight excluding hydrogens is 681 g/mol. The number of anilines is 1. The number of carbonyl (C=O) groups excluding carboxylic acids is 2. The molecule has 2 aromatic rings. The van der Waals surface area contributed by atoms with Gasteiger partial charge in [-0.2, -0.15) is 0 Å². The van der Waals surface area contributed by atoms with Crippen molar-refractivity contribution >= 4 is 92.8 Å². The van der Waals surface area contributed by atoms with Gasteiger partial charge < -0.3 is 37.6 Å². The molecule has 1 fully saturated rings. The summed E-state index contributed by atoms with van der Waals surface area (Å²) in [6, 6.07) is 0.0411. The fourth-order valence-electron chi connectivity index (χ4n) is 3.90. The highest BCUT2D eigenvalue weighted by Crippen LogP contribution is 2.46. The lowest BCUT2D eigenvalue weighted by molar-refractivity contribution is -0.150. The molecular formula is C23H25ClFN9O6S4. The van der Waals surface area contributed by atoms with Crippen molar-refractivity contribution in [3.63, 3.8) is 0 Å². The summed E-state index contributed by atoms with van der Waals surface area (Å²) in [5.74, 6) is -2.50. The number of aliphatic hydroxyl groups excluding tert-OH is 1. The number of nitrogens with one attached hydrogen (secondary N) is 1. The summed E-state index contributed by atoms with van der Waals surface area (Å²) in [5, 5.41) is 25.1. The van der Waals surface area contributed by atoms with Crippen molar-refractivity contribution in [1.29, 1.82) is 0 Å². The minimum absolute atomic E-state index is 0.0309. The summed E-state index contributed by atoms with van der Waals surface area (Å²) in [6.45, 7) is -1.59. The number of aliphatic hydroxyl groups is 1. The standard InChI is InChI=1S/C23H25ClFN9O6S4/c24-17-13(32-23(28)44-17)14(33-40-4-2-25)18(36)31-15-19(37)34-16(21(38)39)12(8-42-20(15)34)43-10-1-3-29-5-11(10)41-7-9(6-35)30-22(26)27/h1,3,5,9,15,20,35H,2,4,6-8H2,(H2,28,32)(H,31,36)(H,38,39)(H4,26,27,30)/b33-14-/t9?,15-,20+/m1/s1. The van der Waals surface area contributed by atoms with Gasteiger partial charge >= 0.3 is 5.97 Å². The summed E-state index contributed by atoms with van der Waals surface area (Å²) < 4.78 is 12.6. The molecule has 4 rings (SSSR count). The van der Waals surface area contributed by atoms with Crippen LogP contribution in [0.2, 0.25) is 4.34 Å². The second kappa shape index (κ2) is 15.1. The van der Waals surface area contributed by atoms with Gasteiger partial charge in [0.15, 0.2) is 16.8 Å². The Balaban J connectivity index is 1.52. The number of hydrogen-bond acceptors (Lipinski definition) is 14. The molecule has 44 heavy (non-hydrogen) atoms. The molecule has 236 valence electrons. The van der Waals surface area contributed by atoms with Crippen molar-refractivity contribution in [3.8, 4) is 0 Å². The number of fused-ring (bicyclic) bond motifs is 1. The molecule has 15 nitrogen and oxygen atoms in total. The number of thioether (sulfide) groups is 3. The van der Waals surface area contributed by atoms with Gasteiger partial charge in [0.25, 0.3) is 11.8 Å². The van der Waals surface area contributed by atoms with Crippen molar-refractivity contribution in [3.05, 3.63) is 39.1 Å². The van der Waals surface area contributed by atoms with E-state index >= 15 is 0 Å². The number of aromatic nitrogens is 2. The number of aliphatic carboxylic acids is 1. The van der Waals surface area contributed by atoms with Crippen LogP contribution < -0.4 is 22.5 Å². The number of alkyl halides is 1. The first-order valence-electron chi connectivity index (χ1n) is 12.4.